The lowest BCUT2D eigenvalue weighted by molar-refractivity contribution is 0.0878. The molecule has 1 saturated heterocycles. The first-order chi connectivity index (χ1) is 15.0. The van der Waals surface area contributed by atoms with Crippen molar-refractivity contribution in [2.45, 2.75) is 37.3 Å². The zero-order valence-corrected chi connectivity index (χ0v) is 18.0. The fourth-order valence-corrected chi connectivity index (χ4v) is 5.64. The Morgan fingerprint density at radius 3 is 2.80 bits per heavy atom. The Kier molecular flexibility index (Phi) is 5.09. The van der Waals surface area contributed by atoms with Gasteiger partial charge in [-0.15, -0.1) is 0 Å². The van der Waals surface area contributed by atoms with Gasteiger partial charge in [-0.05, 0) is 55.1 Å². The van der Waals surface area contributed by atoms with Gasteiger partial charge in [0.2, 0.25) is 0 Å². The van der Waals surface area contributed by atoms with Crippen LogP contribution in [0.3, 0.4) is 0 Å². The molecule has 1 unspecified atom stereocenters. The summed E-state index contributed by atoms with van der Waals surface area (Å²) in [5, 5.41) is 0. The van der Waals surface area contributed by atoms with Crippen LogP contribution in [0.5, 0.6) is 0 Å². The van der Waals surface area contributed by atoms with Crippen LogP contribution < -0.4 is 9.80 Å². The van der Waals surface area contributed by atoms with E-state index in [1.165, 1.54) is 35.5 Å². The van der Waals surface area contributed by atoms with Crippen LogP contribution >= 0.6 is 0 Å². The lowest BCUT2D eigenvalue weighted by Gasteiger charge is -2.41. The van der Waals surface area contributed by atoms with Crippen molar-refractivity contribution in [1.29, 1.82) is 0 Å². The molecule has 3 aliphatic rings. The zero-order chi connectivity index (χ0) is 21.6. The van der Waals surface area contributed by atoms with Gasteiger partial charge in [0.25, 0.3) is 0 Å². The largest absolute Gasteiger partial charge is 0.377 e. The van der Waals surface area contributed by atoms with E-state index < -0.39 is 6.08 Å². The molecule has 0 aromatic heterocycles. The number of methoxy groups -OCH3 is 1. The average molecular weight is 411 g/mol. The number of ether oxygens (including phenoxy) is 1. The number of hydrogen-bond acceptors (Lipinski definition) is 4. The van der Waals surface area contributed by atoms with Gasteiger partial charge in [-0.3, -0.25) is 0 Å². The number of piperidine rings is 1. The summed E-state index contributed by atoms with van der Waals surface area (Å²) in [6, 6.07) is 13.6. The molecule has 0 bridgehead atoms. The highest BCUT2D eigenvalue weighted by Crippen LogP contribution is 2.50. The number of halogens is 1. The van der Waals surface area contributed by atoms with Crippen LogP contribution in [-0.4, -0.2) is 57.8 Å². The number of benzene rings is 2. The predicted octanol–water partition coefficient (Wildman–Crippen LogP) is 4.42. The summed E-state index contributed by atoms with van der Waals surface area (Å²) in [7, 11) is 3.77. The minimum Gasteiger partial charge on any atom is -0.377 e. The highest BCUT2D eigenvalue weighted by Gasteiger charge is 2.44. The molecule has 0 N–H and O–H groups in total. The van der Waals surface area contributed by atoms with E-state index in [2.05, 4.69) is 39.9 Å². The summed E-state index contributed by atoms with van der Waals surface area (Å²) in [6.07, 6.45) is 1.54. The first-order valence-electron chi connectivity index (χ1n) is 11.6. The van der Waals surface area contributed by atoms with Crippen molar-refractivity contribution in [2.75, 3.05) is 56.7 Å². The van der Waals surface area contributed by atoms with Gasteiger partial charge in [0, 0.05) is 52.3 Å². The molecule has 0 radical (unpaired) electrons. The maximum atomic E-state index is 13.3. The van der Waals surface area contributed by atoms with E-state index in [0.29, 0.717) is 23.9 Å². The highest BCUT2D eigenvalue weighted by molar-refractivity contribution is 5.80. The van der Waals surface area contributed by atoms with E-state index >= 15 is 0 Å². The Bertz CT molecular complexity index is 939. The van der Waals surface area contributed by atoms with E-state index in [1.54, 1.807) is 19.2 Å². The van der Waals surface area contributed by atoms with Crippen molar-refractivity contribution in [3.63, 3.8) is 0 Å². The highest BCUT2D eigenvalue weighted by atomic mass is 19.1. The smallest absolute Gasteiger partial charge is 0.123 e. The summed E-state index contributed by atoms with van der Waals surface area (Å²) in [6.45, 7) is 5.36. The molecule has 0 saturated carbocycles. The van der Waals surface area contributed by atoms with Gasteiger partial charge in [0.05, 0.1) is 18.8 Å². The van der Waals surface area contributed by atoms with Crippen molar-refractivity contribution in [1.82, 2.24) is 4.90 Å². The summed E-state index contributed by atoms with van der Waals surface area (Å²) in [5.74, 6) is 0.282. The summed E-state index contributed by atoms with van der Waals surface area (Å²) in [4.78, 5) is 7.61. The van der Waals surface area contributed by atoms with Gasteiger partial charge >= 0.3 is 0 Å². The number of fused-ring (bicyclic) bond motifs is 3. The molecule has 30 heavy (non-hydrogen) atoms. The third-order valence-corrected chi connectivity index (χ3v) is 7.17. The van der Waals surface area contributed by atoms with E-state index in [4.69, 9.17) is 6.11 Å². The first kappa shape index (κ1) is 18.6. The van der Waals surface area contributed by atoms with Crippen LogP contribution in [0.4, 0.5) is 15.8 Å². The Morgan fingerprint density at radius 2 is 2.00 bits per heavy atom. The van der Waals surface area contributed by atoms with E-state index in [0.717, 1.165) is 39.1 Å². The molecule has 5 rings (SSSR count). The van der Waals surface area contributed by atoms with Crippen molar-refractivity contribution >= 4 is 11.4 Å². The lowest BCUT2D eigenvalue weighted by Crippen LogP contribution is -2.49. The number of nitrogens with zero attached hydrogens (tertiary/aromatic N) is 3. The molecule has 160 valence electrons. The zero-order valence-electron chi connectivity index (χ0n) is 19.0. The molecule has 0 aliphatic carbocycles. The molecule has 2 aromatic carbocycles. The standard InChI is InChI=1S/C25H32FN3O/c1-27-15-16-29-22-12-14-28(17-21(22)20-5-3-6-23(27)25(20)29)13-4-7-24(30-2)18-8-10-19(26)11-9-18/h3,5-6,8-11,21-22,24H,4,7,12-17H2,1-2H3/t21-,22-,24?/m0/s1/i24D. The van der Waals surface area contributed by atoms with Crippen LogP contribution in [0.1, 0.15) is 43.8 Å². The van der Waals surface area contributed by atoms with Gasteiger partial charge in [-0.25, -0.2) is 4.39 Å². The van der Waals surface area contributed by atoms with Crippen LogP contribution in [0.2, 0.25) is 0 Å². The number of anilines is 2. The second-order valence-electron chi connectivity index (χ2n) is 8.83. The molecule has 1 fully saturated rings. The molecular formula is C25H32FN3O. The van der Waals surface area contributed by atoms with Gasteiger partial charge in [-0.2, -0.15) is 0 Å². The molecule has 0 amide bonds. The number of hydrogen-bond donors (Lipinski definition) is 0. The summed E-state index contributed by atoms with van der Waals surface area (Å²) < 4.78 is 27.6. The minimum absolute atomic E-state index is 0.283. The number of para-hydroxylation sites is 1. The second-order valence-corrected chi connectivity index (χ2v) is 8.83. The first-order valence-corrected chi connectivity index (χ1v) is 11.1. The Morgan fingerprint density at radius 1 is 1.17 bits per heavy atom. The van der Waals surface area contributed by atoms with Gasteiger partial charge in [0.15, 0.2) is 0 Å². The topological polar surface area (TPSA) is 19.0 Å². The SMILES string of the molecule is [2H]C(CCCN1CC[C@H]2[C@@H](C1)c1cccc3c1N2CCN3C)(OC)c1ccc(F)cc1. The average Bonchev–Trinajstić information content (AvgIpc) is 3.11. The third-order valence-electron chi connectivity index (χ3n) is 7.17. The predicted molar refractivity (Wildman–Crippen MR) is 120 cm³/mol. The minimum atomic E-state index is -1.12. The van der Waals surface area contributed by atoms with Crippen molar-refractivity contribution < 1.29 is 10.5 Å². The van der Waals surface area contributed by atoms with Crippen molar-refractivity contribution in [3.8, 4) is 0 Å². The maximum Gasteiger partial charge on any atom is 0.123 e. The van der Waals surface area contributed by atoms with Crippen LogP contribution in [0.25, 0.3) is 0 Å². The van der Waals surface area contributed by atoms with Crippen molar-refractivity contribution in [3.05, 3.63) is 59.4 Å². The number of rotatable bonds is 6. The fraction of sp³-hybridized carbons (Fsp3) is 0.520. The molecule has 2 aromatic rings. The van der Waals surface area contributed by atoms with Crippen molar-refractivity contribution in [2.24, 2.45) is 0 Å². The Labute approximate surface area is 180 Å². The van der Waals surface area contributed by atoms with Crippen LogP contribution in [0.15, 0.2) is 42.5 Å². The quantitative estimate of drug-likeness (QED) is 0.702. The van der Waals surface area contributed by atoms with Gasteiger partial charge in [-0.1, -0.05) is 24.3 Å². The Hall–Kier alpha value is -2.11. The molecular weight excluding hydrogens is 377 g/mol. The molecule has 5 heteroatoms. The lowest BCUT2D eigenvalue weighted by atomic mass is 9.89. The molecule has 3 heterocycles. The van der Waals surface area contributed by atoms with E-state index in [1.807, 2.05) is 0 Å². The van der Waals surface area contributed by atoms with Gasteiger partial charge < -0.3 is 19.4 Å². The summed E-state index contributed by atoms with van der Waals surface area (Å²) >= 11 is 0. The second kappa shape index (κ2) is 8.20. The van der Waals surface area contributed by atoms with E-state index in [9.17, 15) is 4.39 Å². The number of likely N-dealkylation sites (tertiary alicyclic amines) is 1. The maximum absolute atomic E-state index is 13.3. The Balaban J connectivity index is 1.24. The van der Waals surface area contributed by atoms with E-state index in [-0.39, 0.29) is 5.82 Å². The molecule has 3 aliphatic heterocycles. The monoisotopic (exact) mass is 410 g/mol. The van der Waals surface area contributed by atoms with Gasteiger partial charge in [0.1, 0.15) is 5.82 Å². The molecule has 4 nitrogen and oxygen atoms in total. The normalized spacial score (nSPS) is 25.5. The summed E-state index contributed by atoms with van der Waals surface area (Å²) in [5.41, 5.74) is 5.07. The fourth-order valence-electron chi connectivity index (χ4n) is 5.64. The molecule has 3 atom stereocenters. The van der Waals surface area contributed by atoms with Crippen LogP contribution in [0, 0.1) is 5.82 Å². The molecule has 0 spiro atoms. The van der Waals surface area contributed by atoms with Crippen LogP contribution in [-0.2, 0) is 4.74 Å². The number of likely N-dealkylation sites (N-methyl/N-ethyl adjacent to an activating group) is 1. The third kappa shape index (κ3) is 3.48.